The van der Waals surface area contributed by atoms with E-state index in [0.717, 1.165) is 25.9 Å². The smallest absolute Gasteiger partial charge is 0.305 e. The molecule has 5 heteroatoms. The van der Waals surface area contributed by atoms with Crippen molar-refractivity contribution >= 4 is 5.97 Å². The van der Waals surface area contributed by atoms with Crippen molar-refractivity contribution in [1.29, 1.82) is 0 Å². The van der Waals surface area contributed by atoms with Crippen LogP contribution in [0, 0.1) is 0 Å². The fourth-order valence-corrected chi connectivity index (χ4v) is 2.20. The van der Waals surface area contributed by atoms with Gasteiger partial charge in [-0.1, -0.05) is 20.3 Å². The van der Waals surface area contributed by atoms with Crippen molar-refractivity contribution in [1.82, 2.24) is 4.57 Å². The van der Waals surface area contributed by atoms with Crippen LogP contribution in [-0.2, 0) is 29.0 Å². The van der Waals surface area contributed by atoms with E-state index >= 15 is 0 Å². The summed E-state index contributed by atoms with van der Waals surface area (Å²) in [6.45, 7) is 6.47. The molecule has 0 atom stereocenters. The van der Waals surface area contributed by atoms with Gasteiger partial charge in [0.1, 0.15) is 11.9 Å². The zero-order valence-electron chi connectivity index (χ0n) is 12.9. The summed E-state index contributed by atoms with van der Waals surface area (Å²) in [5.41, 5.74) is 1.23. The van der Waals surface area contributed by atoms with Crippen molar-refractivity contribution in [3.63, 3.8) is 0 Å². The lowest BCUT2D eigenvalue weighted by atomic mass is 10.2. The molecule has 1 heterocycles. The second-order valence-electron chi connectivity index (χ2n) is 4.95. The Labute approximate surface area is 132 Å². The molecule has 0 aliphatic carbocycles. The van der Waals surface area contributed by atoms with Gasteiger partial charge in [-0.3, -0.25) is 4.79 Å². The molecule has 0 aliphatic heterocycles. The lowest BCUT2D eigenvalue weighted by molar-refractivity contribution is -0.697. The molecule has 116 valence electrons. The van der Waals surface area contributed by atoms with Gasteiger partial charge < -0.3 is 21.7 Å². The number of hydrogen-bond donors (Lipinski definition) is 0. The molecule has 0 N–H and O–H groups in total. The molecule has 1 aromatic heterocycles. The minimum Gasteiger partial charge on any atom is -1.00 e. The third kappa shape index (κ3) is 6.55. The largest absolute Gasteiger partial charge is 1.00 e. The van der Waals surface area contributed by atoms with Gasteiger partial charge in [0.05, 0.1) is 26.6 Å². The van der Waals surface area contributed by atoms with E-state index in [1.54, 1.807) is 0 Å². The fourth-order valence-electron chi connectivity index (χ4n) is 2.20. The van der Waals surface area contributed by atoms with Gasteiger partial charge in [-0.25, -0.2) is 9.13 Å². The molecule has 0 aromatic carbocycles. The van der Waals surface area contributed by atoms with E-state index < -0.39 is 0 Å². The summed E-state index contributed by atoms with van der Waals surface area (Å²) < 4.78 is 9.21. The first-order valence-electron chi connectivity index (χ1n) is 7.36. The van der Waals surface area contributed by atoms with E-state index in [4.69, 9.17) is 4.74 Å². The Morgan fingerprint density at radius 3 is 2.65 bits per heavy atom. The molecule has 20 heavy (non-hydrogen) atoms. The third-order valence-corrected chi connectivity index (χ3v) is 3.27. The predicted molar refractivity (Wildman–Crippen MR) is 74.8 cm³/mol. The van der Waals surface area contributed by atoms with Crippen molar-refractivity contribution in [2.45, 2.75) is 65.5 Å². The van der Waals surface area contributed by atoms with Gasteiger partial charge in [0, 0.05) is 6.42 Å². The highest BCUT2D eigenvalue weighted by atomic mass is 79.9. The maximum absolute atomic E-state index is 11.2. The predicted octanol–water partition coefficient (Wildman–Crippen LogP) is -0.515. The van der Waals surface area contributed by atoms with Crippen LogP contribution in [0.1, 0.15) is 51.6 Å². The number of aromatic nitrogens is 2. The zero-order chi connectivity index (χ0) is 14.1. The number of aryl methyl sites for hydroxylation is 3. The van der Waals surface area contributed by atoms with Gasteiger partial charge in [0.25, 0.3) is 0 Å². The highest BCUT2D eigenvalue weighted by Crippen LogP contribution is 2.05. The number of hydrogen-bond acceptors (Lipinski definition) is 2. The lowest BCUT2D eigenvalue weighted by Gasteiger charge is -1.99. The van der Waals surface area contributed by atoms with E-state index in [9.17, 15) is 4.79 Å². The lowest BCUT2D eigenvalue weighted by Crippen LogP contribution is -3.00. The molecule has 4 nitrogen and oxygen atoms in total. The zero-order valence-corrected chi connectivity index (χ0v) is 14.5. The second-order valence-corrected chi connectivity index (χ2v) is 4.95. The van der Waals surface area contributed by atoms with Crippen molar-refractivity contribution in [3.8, 4) is 0 Å². The molecule has 0 radical (unpaired) electrons. The summed E-state index contributed by atoms with van der Waals surface area (Å²) in [5.74, 6) is -0.137. The topological polar surface area (TPSA) is 35.1 Å². The first-order chi connectivity index (χ1) is 9.21. The van der Waals surface area contributed by atoms with Gasteiger partial charge in [0.15, 0.2) is 0 Å². The average Bonchev–Trinajstić information content (AvgIpc) is 2.79. The quantitative estimate of drug-likeness (QED) is 0.343. The number of carbonyl (C=O) groups is 1. The van der Waals surface area contributed by atoms with E-state index in [-0.39, 0.29) is 23.0 Å². The Kier molecular flexibility index (Phi) is 10.4. The SMILES string of the molecule is CCCCC[n+]1cc(CCC(=O)OC)n(CCC)c1.[Br-]. The van der Waals surface area contributed by atoms with Crippen LogP contribution in [0.25, 0.3) is 0 Å². The monoisotopic (exact) mass is 346 g/mol. The van der Waals surface area contributed by atoms with Gasteiger partial charge in [-0.15, -0.1) is 0 Å². The molecular weight excluding hydrogens is 320 g/mol. The van der Waals surface area contributed by atoms with Crippen molar-refractivity contribution in [3.05, 3.63) is 18.2 Å². The fraction of sp³-hybridized carbons (Fsp3) is 0.733. The van der Waals surface area contributed by atoms with Crippen LogP contribution >= 0.6 is 0 Å². The number of imidazole rings is 1. The Balaban J connectivity index is 0.00000361. The highest BCUT2D eigenvalue weighted by molar-refractivity contribution is 5.69. The molecule has 0 amide bonds. The molecule has 1 rings (SSSR count). The second kappa shape index (κ2) is 10.9. The van der Waals surface area contributed by atoms with Gasteiger partial charge in [0.2, 0.25) is 6.33 Å². The number of methoxy groups -OCH3 is 1. The molecule has 0 saturated carbocycles. The summed E-state index contributed by atoms with van der Waals surface area (Å²) in [5, 5.41) is 0. The summed E-state index contributed by atoms with van der Waals surface area (Å²) in [6, 6.07) is 0. The van der Waals surface area contributed by atoms with Crippen LogP contribution in [0.2, 0.25) is 0 Å². The summed E-state index contributed by atoms with van der Waals surface area (Å²) in [4.78, 5) is 11.2. The van der Waals surface area contributed by atoms with Crippen molar-refractivity contribution < 1.29 is 31.1 Å². The molecule has 0 saturated heterocycles. The molecule has 1 aromatic rings. The third-order valence-electron chi connectivity index (χ3n) is 3.27. The first kappa shape index (κ1) is 19.2. The highest BCUT2D eigenvalue weighted by Gasteiger charge is 2.14. The van der Waals surface area contributed by atoms with Crippen LogP contribution in [0.4, 0.5) is 0 Å². The Morgan fingerprint density at radius 1 is 1.30 bits per heavy atom. The van der Waals surface area contributed by atoms with E-state index in [1.807, 2.05) is 0 Å². The maximum atomic E-state index is 11.2. The molecule has 0 spiro atoms. The van der Waals surface area contributed by atoms with Gasteiger partial charge in [-0.05, 0) is 19.3 Å². The summed E-state index contributed by atoms with van der Waals surface area (Å²) in [7, 11) is 1.44. The number of halogens is 1. The van der Waals surface area contributed by atoms with E-state index in [0.29, 0.717) is 6.42 Å². The normalized spacial score (nSPS) is 10.2. The number of rotatable bonds is 9. The van der Waals surface area contributed by atoms with Crippen molar-refractivity contribution in [2.24, 2.45) is 0 Å². The number of ether oxygens (including phenoxy) is 1. The Morgan fingerprint density at radius 2 is 2.05 bits per heavy atom. The molecule has 0 aliphatic rings. The van der Waals surface area contributed by atoms with Crippen LogP contribution in [0.3, 0.4) is 0 Å². The van der Waals surface area contributed by atoms with Crippen LogP contribution < -0.4 is 21.5 Å². The van der Waals surface area contributed by atoms with Gasteiger partial charge >= 0.3 is 5.97 Å². The average molecular weight is 347 g/mol. The summed E-state index contributed by atoms with van der Waals surface area (Å²) in [6.07, 6.45) is 10.4. The minimum absolute atomic E-state index is 0. The van der Waals surface area contributed by atoms with Crippen LogP contribution in [0.15, 0.2) is 12.5 Å². The summed E-state index contributed by atoms with van der Waals surface area (Å²) >= 11 is 0. The molecular formula is C15H27BrN2O2. The Bertz CT molecular complexity index is 391. The molecule has 0 unspecified atom stereocenters. The Hall–Kier alpha value is -0.840. The van der Waals surface area contributed by atoms with E-state index in [1.165, 1.54) is 32.1 Å². The first-order valence-corrected chi connectivity index (χ1v) is 7.36. The maximum Gasteiger partial charge on any atom is 0.305 e. The van der Waals surface area contributed by atoms with Crippen LogP contribution in [0.5, 0.6) is 0 Å². The van der Waals surface area contributed by atoms with Gasteiger partial charge in [-0.2, -0.15) is 0 Å². The molecule has 0 fully saturated rings. The molecule has 0 bridgehead atoms. The van der Waals surface area contributed by atoms with E-state index in [2.05, 4.69) is 35.5 Å². The number of esters is 1. The number of unbranched alkanes of at least 4 members (excludes halogenated alkanes) is 2. The minimum atomic E-state index is -0.137. The standard InChI is InChI=1S/C15H27N2O2.BrH/c1-4-6-7-11-16-12-14(8-9-15(18)19-3)17(13-16)10-5-2;/h12-13H,4-11H2,1-3H3;1H/q+1;/p-1. The van der Waals surface area contributed by atoms with Crippen LogP contribution in [-0.4, -0.2) is 17.6 Å². The number of nitrogens with zero attached hydrogens (tertiary/aromatic N) is 2. The number of carbonyl (C=O) groups excluding carboxylic acids is 1. The van der Waals surface area contributed by atoms with Crippen molar-refractivity contribution in [2.75, 3.05) is 7.11 Å².